The second-order valence-corrected chi connectivity index (χ2v) is 8.26. The molecule has 3 aliphatic rings. The number of ether oxygens (including phenoxy) is 2. The van der Waals surface area contributed by atoms with E-state index in [1.807, 2.05) is 19.2 Å². The molecule has 3 fully saturated rings. The van der Waals surface area contributed by atoms with Gasteiger partial charge in [-0.15, -0.1) is 10.1 Å². The summed E-state index contributed by atoms with van der Waals surface area (Å²) in [4.78, 5) is 40.2. The molecule has 3 heterocycles. The van der Waals surface area contributed by atoms with Crippen LogP contribution >= 0.6 is 11.8 Å². The molecule has 0 aromatic heterocycles. The first-order chi connectivity index (χ1) is 12.9. The molecule has 3 saturated heterocycles. The highest BCUT2D eigenvalue weighted by molar-refractivity contribution is 7.99. The SMILES string of the molecule is CC(C)[C@@H](NC(=O)[C@@H]1CSC[NH2+]1)C(=O)N[C@H]1CO[C@H]2[C@@H]1OC[C@@H]2O[N+](=O)[O-].[Cl-]. The average Bonchev–Trinajstić information content (AvgIpc) is 3.32. The Balaban J connectivity index is 0.00000280. The standard InChI is InChI=1S/C15H24N4O7S.ClH/c1-7(2)11(18-14(20)9-5-27-6-16-9)15(21)17-8-3-24-13-10(26-19(22)23)4-25-12(8)13;/h7-13,16H,3-6H2,1-2H3,(H,17,21)(H,18,20);1H/t8-,9-,10-,11+,12+,13+;/m0./s1. The molecule has 0 spiro atoms. The van der Waals surface area contributed by atoms with Gasteiger partial charge >= 0.3 is 0 Å². The van der Waals surface area contributed by atoms with Crippen LogP contribution in [0.3, 0.4) is 0 Å². The first-order valence-electron chi connectivity index (χ1n) is 8.93. The maximum absolute atomic E-state index is 12.7. The van der Waals surface area contributed by atoms with E-state index >= 15 is 0 Å². The minimum absolute atomic E-state index is 0. The van der Waals surface area contributed by atoms with Crippen LogP contribution in [-0.4, -0.2) is 78.2 Å². The van der Waals surface area contributed by atoms with Gasteiger partial charge in [0.2, 0.25) is 5.91 Å². The van der Waals surface area contributed by atoms with Crippen LogP contribution in [0, 0.1) is 16.0 Å². The number of carbonyl (C=O) groups excluding carboxylic acids is 2. The highest BCUT2D eigenvalue weighted by atomic mass is 35.5. The molecule has 0 aromatic rings. The number of nitrogens with two attached hydrogens (primary N) is 1. The van der Waals surface area contributed by atoms with Crippen LogP contribution in [-0.2, 0) is 23.9 Å². The van der Waals surface area contributed by atoms with E-state index in [0.29, 0.717) is 0 Å². The van der Waals surface area contributed by atoms with E-state index in [9.17, 15) is 19.7 Å². The largest absolute Gasteiger partial charge is 1.00 e. The lowest BCUT2D eigenvalue weighted by atomic mass is 10.0. The van der Waals surface area contributed by atoms with E-state index < -0.39 is 35.5 Å². The molecule has 0 unspecified atom stereocenters. The van der Waals surface area contributed by atoms with Crippen LogP contribution < -0.4 is 28.4 Å². The molecule has 3 rings (SSSR count). The lowest BCUT2D eigenvalue weighted by molar-refractivity contribution is -0.769. The number of nitrogens with one attached hydrogen (secondary N) is 2. The number of halogens is 1. The molecule has 11 nitrogen and oxygen atoms in total. The number of rotatable bonds is 7. The Hall–Kier alpha value is -1.34. The van der Waals surface area contributed by atoms with Gasteiger partial charge in [0.25, 0.3) is 11.0 Å². The molecule has 0 aromatic carbocycles. The van der Waals surface area contributed by atoms with Gasteiger partial charge in [0, 0.05) is 0 Å². The fourth-order valence-electron chi connectivity index (χ4n) is 3.49. The molecule has 6 atom stereocenters. The number of hydrogen-bond donors (Lipinski definition) is 3. The summed E-state index contributed by atoms with van der Waals surface area (Å²) < 4.78 is 11.1. The average molecular weight is 441 g/mol. The Labute approximate surface area is 172 Å². The molecule has 160 valence electrons. The Bertz CT molecular complexity index is 593. The predicted molar refractivity (Wildman–Crippen MR) is 93.1 cm³/mol. The number of carbonyl (C=O) groups is 2. The summed E-state index contributed by atoms with van der Waals surface area (Å²) in [5.41, 5.74) is 0. The summed E-state index contributed by atoms with van der Waals surface area (Å²) in [5, 5.41) is 17.3. The van der Waals surface area contributed by atoms with Crippen molar-refractivity contribution in [2.24, 2.45) is 5.92 Å². The molecule has 0 radical (unpaired) electrons. The number of thioether (sulfide) groups is 1. The van der Waals surface area contributed by atoms with Crippen molar-refractivity contribution >= 4 is 23.6 Å². The van der Waals surface area contributed by atoms with Gasteiger partial charge in [-0.3, -0.25) is 9.59 Å². The molecular formula is C15H25ClN4O7S. The van der Waals surface area contributed by atoms with Crippen molar-refractivity contribution in [1.29, 1.82) is 0 Å². The fourth-order valence-corrected chi connectivity index (χ4v) is 4.53. The highest BCUT2D eigenvalue weighted by Crippen LogP contribution is 2.29. The van der Waals surface area contributed by atoms with E-state index in [1.165, 1.54) is 0 Å². The first kappa shape index (κ1) is 22.9. The van der Waals surface area contributed by atoms with Crippen LogP contribution in [0.25, 0.3) is 0 Å². The van der Waals surface area contributed by atoms with Crippen molar-refractivity contribution in [3.63, 3.8) is 0 Å². The smallest absolute Gasteiger partial charge is 0.294 e. The normalized spacial score (nSPS) is 32.3. The van der Waals surface area contributed by atoms with Gasteiger partial charge in [-0.25, -0.2) is 0 Å². The van der Waals surface area contributed by atoms with Gasteiger partial charge in [0.1, 0.15) is 24.1 Å². The number of amides is 2. The Morgan fingerprint density at radius 3 is 2.61 bits per heavy atom. The topological polar surface area (TPSA) is 146 Å². The van der Waals surface area contributed by atoms with Crippen LogP contribution in [0.15, 0.2) is 0 Å². The second kappa shape index (κ2) is 9.92. The number of nitrogens with zero attached hydrogens (tertiary/aromatic N) is 1. The van der Waals surface area contributed by atoms with Gasteiger partial charge in [-0.2, -0.15) is 0 Å². The molecule has 0 bridgehead atoms. The maximum atomic E-state index is 12.7. The maximum Gasteiger partial charge on any atom is 0.294 e. The lowest BCUT2D eigenvalue weighted by Gasteiger charge is -2.25. The van der Waals surface area contributed by atoms with Crippen molar-refractivity contribution in [2.75, 3.05) is 24.8 Å². The molecule has 13 heteroatoms. The number of fused-ring (bicyclic) bond motifs is 1. The summed E-state index contributed by atoms with van der Waals surface area (Å²) >= 11 is 1.69. The molecule has 2 amide bonds. The minimum atomic E-state index is -0.867. The quantitative estimate of drug-likeness (QED) is 0.263. The van der Waals surface area contributed by atoms with Crippen molar-refractivity contribution in [3.8, 4) is 0 Å². The summed E-state index contributed by atoms with van der Waals surface area (Å²) in [7, 11) is 0. The zero-order valence-electron chi connectivity index (χ0n) is 15.5. The van der Waals surface area contributed by atoms with Gasteiger partial charge in [-0.1, -0.05) is 25.6 Å². The zero-order chi connectivity index (χ0) is 19.6. The third kappa shape index (κ3) is 5.17. The van der Waals surface area contributed by atoms with Crippen molar-refractivity contribution < 1.29 is 46.7 Å². The number of quaternary nitrogens is 1. The van der Waals surface area contributed by atoms with Crippen LogP contribution in [0.2, 0.25) is 0 Å². The third-order valence-electron chi connectivity index (χ3n) is 4.94. The Morgan fingerprint density at radius 1 is 1.29 bits per heavy atom. The van der Waals surface area contributed by atoms with Gasteiger partial charge < -0.3 is 42.7 Å². The molecule has 28 heavy (non-hydrogen) atoms. The predicted octanol–water partition coefficient (Wildman–Crippen LogP) is -5.37. The van der Waals surface area contributed by atoms with Crippen molar-refractivity contribution in [1.82, 2.24) is 10.6 Å². The molecule has 0 aliphatic carbocycles. The number of hydrogen-bond acceptors (Lipinski definition) is 8. The van der Waals surface area contributed by atoms with Gasteiger partial charge in [0.15, 0.2) is 12.1 Å². The monoisotopic (exact) mass is 440 g/mol. The van der Waals surface area contributed by atoms with E-state index in [2.05, 4.69) is 15.5 Å². The van der Waals surface area contributed by atoms with E-state index in [1.54, 1.807) is 11.8 Å². The first-order valence-corrected chi connectivity index (χ1v) is 10.1. The van der Waals surface area contributed by atoms with E-state index in [0.717, 1.165) is 11.6 Å². The van der Waals surface area contributed by atoms with Crippen molar-refractivity contribution in [2.45, 2.75) is 50.3 Å². The minimum Gasteiger partial charge on any atom is -1.00 e. The molecule has 0 saturated carbocycles. The summed E-state index contributed by atoms with van der Waals surface area (Å²) in [5.74, 6) is 0.996. The summed E-state index contributed by atoms with van der Waals surface area (Å²) in [6, 6.07) is -1.31. The molecule has 3 aliphatic heterocycles. The fraction of sp³-hybridized carbons (Fsp3) is 0.867. The molecular weight excluding hydrogens is 416 g/mol. The second-order valence-electron chi connectivity index (χ2n) is 7.19. The van der Waals surface area contributed by atoms with Crippen LogP contribution in [0.1, 0.15) is 13.8 Å². The Morgan fingerprint density at radius 2 is 2.00 bits per heavy atom. The lowest BCUT2D eigenvalue weighted by Crippen LogP contribution is -3.00. The van der Waals surface area contributed by atoms with Gasteiger partial charge in [-0.05, 0) is 5.92 Å². The van der Waals surface area contributed by atoms with Crippen LogP contribution in [0.4, 0.5) is 0 Å². The van der Waals surface area contributed by atoms with Gasteiger partial charge in [0.05, 0.1) is 25.0 Å². The molecule has 4 N–H and O–H groups in total. The highest BCUT2D eigenvalue weighted by Gasteiger charge is 2.50. The summed E-state index contributed by atoms with van der Waals surface area (Å²) in [6.45, 7) is 3.92. The third-order valence-corrected chi connectivity index (χ3v) is 5.96. The van der Waals surface area contributed by atoms with E-state index in [-0.39, 0.29) is 49.4 Å². The van der Waals surface area contributed by atoms with Crippen LogP contribution in [0.5, 0.6) is 0 Å². The Kier molecular flexibility index (Phi) is 8.13. The summed E-state index contributed by atoms with van der Waals surface area (Å²) in [6.07, 6.45) is -1.91. The van der Waals surface area contributed by atoms with Crippen molar-refractivity contribution in [3.05, 3.63) is 10.1 Å². The van der Waals surface area contributed by atoms with E-state index in [4.69, 9.17) is 9.47 Å². The zero-order valence-corrected chi connectivity index (χ0v) is 17.1.